The van der Waals surface area contributed by atoms with Crippen LogP contribution in [-0.2, 0) is 10.4 Å². The minimum absolute atomic E-state index is 0.192. The van der Waals surface area contributed by atoms with Crippen molar-refractivity contribution in [1.82, 2.24) is 0 Å². The first-order valence-electron chi connectivity index (χ1n) is 5.10. The Balaban J connectivity index is 3.23. The third-order valence-electron chi connectivity index (χ3n) is 2.43. The molecule has 1 aromatic carbocycles. The lowest BCUT2D eigenvalue weighted by Crippen LogP contribution is -2.24. The Morgan fingerprint density at radius 3 is 2.69 bits per heavy atom. The minimum Gasteiger partial charge on any atom is -0.373 e. The smallest absolute Gasteiger partial charge is 0.221 e. The molecule has 16 heavy (non-hydrogen) atoms. The van der Waals surface area contributed by atoms with Crippen LogP contribution in [0.1, 0.15) is 25.8 Å². The van der Waals surface area contributed by atoms with Gasteiger partial charge < -0.3 is 10.4 Å². The number of carbonyl (C=O) groups excluding carboxylic acids is 1. The number of terminal acetylenes is 1. The second-order valence-electron chi connectivity index (χ2n) is 3.58. The maximum absolute atomic E-state index is 11.0. The van der Waals surface area contributed by atoms with Gasteiger partial charge in [-0.2, -0.15) is 0 Å². The molecule has 1 aromatic rings. The molecule has 3 heteroatoms. The van der Waals surface area contributed by atoms with Crippen molar-refractivity contribution in [3.05, 3.63) is 29.8 Å². The van der Waals surface area contributed by atoms with Crippen LogP contribution in [0.5, 0.6) is 0 Å². The van der Waals surface area contributed by atoms with E-state index in [1.165, 1.54) is 6.92 Å². The average Bonchev–Trinajstić information content (AvgIpc) is 2.28. The normalized spacial score (nSPS) is 13.6. The Kier molecular flexibility index (Phi) is 3.70. The molecule has 0 aliphatic rings. The van der Waals surface area contributed by atoms with Crippen LogP contribution in [-0.4, -0.2) is 11.0 Å². The van der Waals surface area contributed by atoms with Crippen LogP contribution in [0.2, 0.25) is 0 Å². The summed E-state index contributed by atoms with van der Waals surface area (Å²) in [5.74, 6) is 2.17. The molecule has 0 aromatic heterocycles. The summed E-state index contributed by atoms with van der Waals surface area (Å²) in [4.78, 5) is 11.0. The number of anilines is 1. The molecule has 0 aliphatic heterocycles. The fourth-order valence-corrected chi connectivity index (χ4v) is 1.51. The largest absolute Gasteiger partial charge is 0.373 e. The van der Waals surface area contributed by atoms with Gasteiger partial charge in [0.15, 0.2) is 5.60 Å². The lowest BCUT2D eigenvalue weighted by Gasteiger charge is -2.23. The van der Waals surface area contributed by atoms with Gasteiger partial charge in [-0.05, 0) is 12.5 Å². The monoisotopic (exact) mass is 217 g/mol. The summed E-state index contributed by atoms with van der Waals surface area (Å²) >= 11 is 0. The fourth-order valence-electron chi connectivity index (χ4n) is 1.51. The highest BCUT2D eigenvalue weighted by Crippen LogP contribution is 2.30. The first kappa shape index (κ1) is 12.3. The van der Waals surface area contributed by atoms with E-state index in [0.717, 1.165) is 0 Å². The summed E-state index contributed by atoms with van der Waals surface area (Å²) in [6, 6.07) is 6.99. The maximum Gasteiger partial charge on any atom is 0.221 e. The van der Waals surface area contributed by atoms with Crippen molar-refractivity contribution in [2.45, 2.75) is 25.9 Å². The molecule has 1 unspecified atom stereocenters. The van der Waals surface area contributed by atoms with E-state index in [4.69, 9.17) is 6.42 Å². The molecule has 0 bridgehead atoms. The number of hydrogen-bond donors (Lipinski definition) is 2. The molecule has 0 saturated carbocycles. The summed E-state index contributed by atoms with van der Waals surface area (Å²) in [6.45, 7) is 3.21. The first-order valence-corrected chi connectivity index (χ1v) is 5.10. The van der Waals surface area contributed by atoms with E-state index < -0.39 is 5.60 Å². The van der Waals surface area contributed by atoms with Crippen LogP contribution in [0.25, 0.3) is 0 Å². The Bertz CT molecular complexity index is 434. The number of amides is 1. The van der Waals surface area contributed by atoms with Crippen LogP contribution in [0.3, 0.4) is 0 Å². The molecule has 84 valence electrons. The second-order valence-corrected chi connectivity index (χ2v) is 3.58. The highest BCUT2D eigenvalue weighted by molar-refractivity contribution is 5.89. The predicted molar refractivity (Wildman–Crippen MR) is 63.8 cm³/mol. The molecule has 1 rings (SSSR count). The van der Waals surface area contributed by atoms with Crippen molar-refractivity contribution in [2.24, 2.45) is 0 Å². The second kappa shape index (κ2) is 4.82. The summed E-state index contributed by atoms with van der Waals surface area (Å²) in [5.41, 5.74) is -0.230. The Labute approximate surface area is 95.5 Å². The average molecular weight is 217 g/mol. The highest BCUT2D eigenvalue weighted by atomic mass is 16.3. The van der Waals surface area contributed by atoms with E-state index in [9.17, 15) is 9.90 Å². The van der Waals surface area contributed by atoms with Gasteiger partial charge in [0.1, 0.15) is 0 Å². The molecule has 3 nitrogen and oxygen atoms in total. The van der Waals surface area contributed by atoms with Crippen LogP contribution >= 0.6 is 0 Å². The summed E-state index contributed by atoms with van der Waals surface area (Å²) < 4.78 is 0. The third-order valence-corrected chi connectivity index (χ3v) is 2.43. The van der Waals surface area contributed by atoms with Gasteiger partial charge in [-0.3, -0.25) is 4.79 Å². The molecule has 1 amide bonds. The van der Waals surface area contributed by atoms with Gasteiger partial charge in [0.2, 0.25) is 5.91 Å². The summed E-state index contributed by atoms with van der Waals surface area (Å²) in [7, 11) is 0. The number of carbonyl (C=O) groups is 1. The molecule has 0 aliphatic carbocycles. The maximum atomic E-state index is 11.0. The van der Waals surface area contributed by atoms with Crippen LogP contribution in [0.15, 0.2) is 24.3 Å². The molecule has 2 N–H and O–H groups in total. The SMILES string of the molecule is C#CC(O)(CC)c1ccccc1NC(C)=O. The number of rotatable bonds is 3. The summed E-state index contributed by atoms with van der Waals surface area (Å²) in [5, 5.41) is 12.9. The Morgan fingerprint density at radius 2 is 2.19 bits per heavy atom. The Morgan fingerprint density at radius 1 is 1.56 bits per heavy atom. The van der Waals surface area contributed by atoms with Crippen LogP contribution in [0.4, 0.5) is 5.69 Å². The molecule has 0 spiro atoms. The van der Waals surface area contributed by atoms with E-state index in [2.05, 4.69) is 11.2 Å². The van der Waals surface area contributed by atoms with Gasteiger partial charge >= 0.3 is 0 Å². The molecule has 0 fully saturated rings. The van der Waals surface area contributed by atoms with Crippen LogP contribution in [0, 0.1) is 12.3 Å². The zero-order chi connectivity index (χ0) is 12.2. The third kappa shape index (κ3) is 2.41. The van der Waals surface area contributed by atoms with Gasteiger partial charge in [0.05, 0.1) is 0 Å². The minimum atomic E-state index is -1.33. The Hall–Kier alpha value is -1.79. The standard InChI is InChI=1S/C13H15NO2/c1-4-13(16,5-2)11-8-6-7-9-12(11)14-10(3)15/h1,6-9,16H,5H2,2-3H3,(H,14,15). The van der Waals surface area contributed by atoms with Crippen LogP contribution < -0.4 is 5.32 Å². The molecular formula is C13H15NO2. The lowest BCUT2D eigenvalue weighted by molar-refractivity contribution is -0.114. The van der Waals surface area contributed by atoms with E-state index in [0.29, 0.717) is 17.7 Å². The van der Waals surface area contributed by atoms with Crippen molar-refractivity contribution < 1.29 is 9.90 Å². The molecular weight excluding hydrogens is 202 g/mol. The van der Waals surface area contributed by atoms with Gasteiger partial charge in [0.25, 0.3) is 0 Å². The summed E-state index contributed by atoms with van der Waals surface area (Å²) in [6.07, 6.45) is 5.73. The van der Waals surface area contributed by atoms with Crippen molar-refractivity contribution in [3.8, 4) is 12.3 Å². The molecule has 0 radical (unpaired) electrons. The molecule has 0 heterocycles. The topological polar surface area (TPSA) is 49.3 Å². The first-order chi connectivity index (χ1) is 7.53. The highest BCUT2D eigenvalue weighted by Gasteiger charge is 2.27. The van der Waals surface area contributed by atoms with Crippen molar-refractivity contribution in [3.63, 3.8) is 0 Å². The van der Waals surface area contributed by atoms with Gasteiger partial charge in [-0.25, -0.2) is 0 Å². The number of nitrogens with one attached hydrogen (secondary N) is 1. The quantitative estimate of drug-likeness (QED) is 0.759. The number of hydrogen-bond acceptors (Lipinski definition) is 2. The zero-order valence-corrected chi connectivity index (χ0v) is 9.45. The number of benzene rings is 1. The van der Waals surface area contributed by atoms with Gasteiger partial charge in [-0.15, -0.1) is 6.42 Å². The van der Waals surface area contributed by atoms with E-state index in [1.54, 1.807) is 31.2 Å². The van der Waals surface area contributed by atoms with E-state index in [1.807, 2.05) is 0 Å². The van der Waals surface area contributed by atoms with E-state index >= 15 is 0 Å². The molecule has 1 atom stereocenters. The van der Waals surface area contributed by atoms with E-state index in [-0.39, 0.29) is 5.91 Å². The van der Waals surface area contributed by atoms with Crippen molar-refractivity contribution in [1.29, 1.82) is 0 Å². The van der Waals surface area contributed by atoms with Gasteiger partial charge in [-0.1, -0.05) is 31.0 Å². The van der Waals surface area contributed by atoms with Crippen molar-refractivity contribution >= 4 is 11.6 Å². The zero-order valence-electron chi connectivity index (χ0n) is 9.45. The fraction of sp³-hybridized carbons (Fsp3) is 0.308. The lowest BCUT2D eigenvalue weighted by atomic mass is 9.90. The number of para-hydroxylation sites is 1. The molecule has 0 saturated heterocycles. The van der Waals surface area contributed by atoms with Crippen molar-refractivity contribution in [2.75, 3.05) is 5.32 Å². The van der Waals surface area contributed by atoms with Gasteiger partial charge in [0, 0.05) is 18.2 Å². The number of aliphatic hydroxyl groups is 1. The predicted octanol–water partition coefficient (Wildman–Crippen LogP) is 1.88.